The Morgan fingerprint density at radius 3 is 2.64 bits per heavy atom. The van der Waals surface area contributed by atoms with Crippen LogP contribution >= 0.6 is 22.7 Å². The predicted molar refractivity (Wildman–Crippen MR) is 129 cm³/mol. The number of alkyl halides is 3. The van der Waals surface area contributed by atoms with Crippen molar-refractivity contribution in [3.8, 4) is 5.75 Å². The van der Waals surface area contributed by atoms with Crippen LogP contribution in [0.15, 0.2) is 30.3 Å². The van der Waals surface area contributed by atoms with Crippen LogP contribution in [0.3, 0.4) is 0 Å². The molecule has 0 radical (unpaired) electrons. The van der Waals surface area contributed by atoms with Crippen LogP contribution in [-0.4, -0.2) is 34.6 Å². The summed E-state index contributed by atoms with van der Waals surface area (Å²) in [4.78, 5) is 20.9. The summed E-state index contributed by atoms with van der Waals surface area (Å²) in [5.74, 6) is 0.737. The summed E-state index contributed by atoms with van der Waals surface area (Å²) < 4.78 is 45.1. The number of nitrogens with zero attached hydrogens (tertiary/aromatic N) is 2. The molecule has 1 amide bonds. The molecular formula is C23H24F3N3O2S2. The van der Waals surface area contributed by atoms with Crippen molar-refractivity contribution >= 4 is 49.9 Å². The van der Waals surface area contributed by atoms with E-state index in [9.17, 15) is 18.0 Å². The summed E-state index contributed by atoms with van der Waals surface area (Å²) in [6.07, 6.45) is 2.04. The molecule has 1 fully saturated rings. The Labute approximate surface area is 197 Å². The second-order valence-electron chi connectivity index (χ2n) is 7.95. The van der Waals surface area contributed by atoms with E-state index in [1.165, 1.54) is 24.5 Å². The fraction of sp³-hybridized carbons (Fsp3) is 0.391. The Morgan fingerprint density at radius 2 is 1.97 bits per heavy atom. The van der Waals surface area contributed by atoms with E-state index in [0.717, 1.165) is 53.0 Å². The summed E-state index contributed by atoms with van der Waals surface area (Å²) in [6.45, 7) is 0. The molecule has 2 heterocycles. The maximum absolute atomic E-state index is 12.9. The third-order valence-electron chi connectivity index (χ3n) is 5.73. The van der Waals surface area contributed by atoms with Crippen molar-refractivity contribution in [2.45, 2.75) is 37.8 Å². The van der Waals surface area contributed by atoms with Crippen molar-refractivity contribution < 1.29 is 22.7 Å². The summed E-state index contributed by atoms with van der Waals surface area (Å²) in [6, 6.07) is 6.74. The minimum Gasteiger partial charge on any atom is -0.494 e. The minimum absolute atomic E-state index is 0.322. The number of anilines is 1. The zero-order valence-electron chi connectivity index (χ0n) is 18.1. The molecule has 0 unspecified atom stereocenters. The number of carbonyl (C=O) groups is 1. The second-order valence-corrected chi connectivity index (χ2v) is 9.83. The molecule has 33 heavy (non-hydrogen) atoms. The number of aromatic nitrogens is 2. The molecule has 4 rings (SSSR count). The number of thiazole rings is 1. The van der Waals surface area contributed by atoms with Gasteiger partial charge in [-0.25, -0.2) is 21.3 Å². The highest BCUT2D eigenvalue weighted by Crippen LogP contribution is 2.41. The van der Waals surface area contributed by atoms with Crippen molar-refractivity contribution in [2.24, 2.45) is 5.92 Å². The minimum atomic E-state index is -4.63. The number of rotatable bonds is 5. The molecule has 0 atom stereocenters. The van der Waals surface area contributed by atoms with Gasteiger partial charge in [0.15, 0.2) is 0 Å². The molecule has 1 N–H and O–H groups in total. The van der Waals surface area contributed by atoms with Gasteiger partial charge in [0.25, 0.3) is 5.91 Å². The van der Waals surface area contributed by atoms with Crippen LogP contribution in [0.4, 0.5) is 18.9 Å². The molecule has 1 aromatic carbocycles. The molecule has 2 aromatic heterocycles. The first-order valence-corrected chi connectivity index (χ1v) is 12.8. The molecule has 3 aromatic rings. The molecule has 0 aliphatic heterocycles. The SMILES string of the molecule is COc1cc2nc([C@H]3CC[C@H](C=[SH]C)CC3)sc2cc1NC(=O)c1cccc(C(F)(F)F)n1. The Kier molecular flexibility index (Phi) is 7.04. The van der Waals surface area contributed by atoms with Crippen LogP contribution in [0, 0.1) is 5.92 Å². The molecule has 1 aliphatic rings. The number of nitrogens with one attached hydrogen (secondary N) is 1. The summed E-state index contributed by atoms with van der Waals surface area (Å²) in [7, 11) is 1.47. The Morgan fingerprint density at radius 1 is 1.21 bits per heavy atom. The Balaban J connectivity index is 1.56. The third-order valence-corrected chi connectivity index (χ3v) is 7.63. The average Bonchev–Trinajstić information content (AvgIpc) is 3.21. The molecule has 10 heteroatoms. The van der Waals surface area contributed by atoms with E-state index in [4.69, 9.17) is 9.72 Å². The smallest absolute Gasteiger partial charge is 0.433 e. The monoisotopic (exact) mass is 495 g/mol. The van der Waals surface area contributed by atoms with E-state index in [1.54, 1.807) is 23.5 Å². The number of hydrogen-bond acceptors (Lipinski definition) is 5. The van der Waals surface area contributed by atoms with Gasteiger partial charge < -0.3 is 10.1 Å². The zero-order chi connectivity index (χ0) is 23.6. The largest absolute Gasteiger partial charge is 0.494 e. The third kappa shape index (κ3) is 5.38. The van der Waals surface area contributed by atoms with Gasteiger partial charge in [-0.3, -0.25) is 4.79 Å². The molecule has 5 nitrogen and oxygen atoms in total. The first-order valence-electron chi connectivity index (χ1n) is 10.5. The molecule has 0 bridgehead atoms. The first kappa shape index (κ1) is 23.7. The Hall–Kier alpha value is -2.46. The lowest BCUT2D eigenvalue weighted by atomic mass is 9.83. The standard InChI is InChI=1S/C23H24F3N3O2S2/c1-31-18-10-17-19(33-22(29-17)14-8-6-13(7-9-14)12-32-2)11-16(18)28-21(30)15-4-3-5-20(27-15)23(24,25)26/h3-5,10-14,32H,6-9H2,1-2H3,(H,28,30)/t13-,14-. The maximum atomic E-state index is 12.9. The highest BCUT2D eigenvalue weighted by atomic mass is 32.1. The van der Waals surface area contributed by atoms with Crippen molar-refractivity contribution in [3.05, 3.63) is 46.7 Å². The van der Waals surface area contributed by atoms with Crippen molar-refractivity contribution in [1.82, 2.24) is 9.97 Å². The average molecular weight is 496 g/mol. The lowest BCUT2D eigenvalue weighted by molar-refractivity contribution is -0.141. The number of fused-ring (bicyclic) bond motifs is 1. The summed E-state index contributed by atoms with van der Waals surface area (Å²) in [5, 5.41) is 6.08. The van der Waals surface area contributed by atoms with Gasteiger partial charge in [-0.15, -0.1) is 11.3 Å². The van der Waals surface area contributed by atoms with Crippen LogP contribution in [0.1, 0.15) is 52.8 Å². The highest BCUT2D eigenvalue weighted by molar-refractivity contribution is 7.96. The second kappa shape index (κ2) is 9.80. The number of halogens is 3. The number of pyridine rings is 1. The first-order chi connectivity index (χ1) is 15.8. The van der Waals surface area contributed by atoms with Gasteiger partial charge in [-0.05, 0) is 56.1 Å². The fourth-order valence-corrected chi connectivity index (χ4v) is 5.92. The number of carbonyl (C=O) groups excluding carboxylic acids is 1. The van der Waals surface area contributed by atoms with Crippen LogP contribution in [0.5, 0.6) is 5.75 Å². The van der Waals surface area contributed by atoms with Crippen molar-refractivity contribution in [3.63, 3.8) is 0 Å². The lowest BCUT2D eigenvalue weighted by Gasteiger charge is -2.24. The van der Waals surface area contributed by atoms with Gasteiger partial charge in [0.2, 0.25) is 0 Å². The van der Waals surface area contributed by atoms with Gasteiger partial charge in [-0.2, -0.15) is 13.2 Å². The number of benzene rings is 1. The number of ether oxygens (including phenoxy) is 1. The van der Waals surface area contributed by atoms with Crippen LogP contribution < -0.4 is 10.1 Å². The fourth-order valence-electron chi connectivity index (χ4n) is 4.05. The predicted octanol–water partition coefficient (Wildman–Crippen LogP) is 6.14. The van der Waals surface area contributed by atoms with Gasteiger partial charge in [0, 0.05) is 12.0 Å². The molecule has 1 saturated carbocycles. The van der Waals surface area contributed by atoms with Gasteiger partial charge in [-0.1, -0.05) is 11.4 Å². The molecule has 0 spiro atoms. The van der Waals surface area contributed by atoms with E-state index in [2.05, 4.69) is 21.9 Å². The van der Waals surface area contributed by atoms with E-state index < -0.39 is 17.8 Å². The van der Waals surface area contributed by atoms with Gasteiger partial charge in [0.05, 0.1) is 28.0 Å². The van der Waals surface area contributed by atoms with Gasteiger partial charge >= 0.3 is 6.18 Å². The van der Waals surface area contributed by atoms with E-state index in [1.807, 2.05) is 0 Å². The van der Waals surface area contributed by atoms with E-state index in [0.29, 0.717) is 23.3 Å². The van der Waals surface area contributed by atoms with E-state index >= 15 is 0 Å². The number of hydrogen-bond donors (Lipinski definition) is 2. The van der Waals surface area contributed by atoms with Crippen molar-refractivity contribution in [1.29, 1.82) is 0 Å². The zero-order valence-corrected chi connectivity index (χ0v) is 19.9. The molecule has 1 aliphatic carbocycles. The van der Waals surface area contributed by atoms with Crippen LogP contribution in [0.25, 0.3) is 10.2 Å². The molecular weight excluding hydrogens is 471 g/mol. The van der Waals surface area contributed by atoms with E-state index in [-0.39, 0.29) is 5.69 Å². The Bertz CT molecular complexity index is 1190. The number of methoxy groups -OCH3 is 1. The maximum Gasteiger partial charge on any atom is 0.433 e. The molecule has 0 saturated heterocycles. The topological polar surface area (TPSA) is 64.1 Å². The molecule has 176 valence electrons. The van der Waals surface area contributed by atoms with Crippen LogP contribution in [-0.2, 0) is 6.18 Å². The quantitative estimate of drug-likeness (QED) is 0.330. The van der Waals surface area contributed by atoms with Crippen molar-refractivity contribution in [2.75, 3.05) is 18.7 Å². The summed E-state index contributed by atoms with van der Waals surface area (Å²) >= 11 is 2.91. The highest BCUT2D eigenvalue weighted by Gasteiger charge is 2.33. The van der Waals surface area contributed by atoms with Gasteiger partial charge in [0.1, 0.15) is 17.1 Å². The number of thiol groups is 1. The van der Waals surface area contributed by atoms with Crippen LogP contribution in [0.2, 0.25) is 0 Å². The summed E-state index contributed by atoms with van der Waals surface area (Å²) in [5.41, 5.74) is -0.292. The normalized spacial score (nSPS) is 19.4. The number of amides is 1. The lowest BCUT2D eigenvalue weighted by Crippen LogP contribution is -2.17.